The smallest absolute Gasteiger partial charge is 0.338 e. The van der Waals surface area contributed by atoms with Crippen molar-refractivity contribution in [2.24, 2.45) is 0 Å². The summed E-state index contributed by atoms with van der Waals surface area (Å²) in [6, 6.07) is 9.39. The third-order valence-electron chi connectivity index (χ3n) is 3.51. The minimum absolute atomic E-state index is 0.173. The summed E-state index contributed by atoms with van der Waals surface area (Å²) in [4.78, 5) is 23.9. The highest BCUT2D eigenvalue weighted by molar-refractivity contribution is 6.30. The van der Waals surface area contributed by atoms with Crippen molar-refractivity contribution in [1.82, 2.24) is 0 Å². The Morgan fingerprint density at radius 3 is 2.45 bits per heavy atom. The fourth-order valence-electron chi connectivity index (χ4n) is 2.33. The molecule has 4 nitrogen and oxygen atoms in total. The maximum absolute atomic E-state index is 12.4. The number of hydrogen-bond donors (Lipinski definition) is 1. The lowest BCUT2D eigenvalue weighted by atomic mass is 9.85. The fraction of sp³-hybridized carbons (Fsp3) is 0.0588. The number of phenolic OH excluding ortho intramolecular Hbond substituents is 1. The van der Waals surface area contributed by atoms with Gasteiger partial charge in [0.15, 0.2) is 5.78 Å². The number of benzene rings is 2. The molecule has 0 saturated heterocycles. The summed E-state index contributed by atoms with van der Waals surface area (Å²) >= 11 is 5.80. The highest BCUT2D eigenvalue weighted by Gasteiger charge is 2.26. The van der Waals surface area contributed by atoms with E-state index in [0.29, 0.717) is 21.7 Å². The molecule has 0 radical (unpaired) electrons. The molecule has 1 N–H and O–H groups in total. The molecule has 0 unspecified atom stereocenters. The Bertz CT molecular complexity index is 819. The summed E-state index contributed by atoms with van der Waals surface area (Å²) in [6.45, 7) is 0. The van der Waals surface area contributed by atoms with Crippen LogP contribution in [0.3, 0.4) is 0 Å². The van der Waals surface area contributed by atoms with Crippen molar-refractivity contribution < 1.29 is 19.4 Å². The van der Waals surface area contributed by atoms with Crippen LogP contribution in [0.1, 0.15) is 27.0 Å². The topological polar surface area (TPSA) is 63.6 Å². The molecule has 1 aliphatic carbocycles. The summed E-state index contributed by atoms with van der Waals surface area (Å²) in [5.74, 6) is -0.950. The van der Waals surface area contributed by atoms with Crippen LogP contribution in [0.2, 0.25) is 5.02 Å². The largest absolute Gasteiger partial charge is 0.507 e. The van der Waals surface area contributed by atoms with Gasteiger partial charge in [0.05, 0.1) is 18.2 Å². The maximum atomic E-state index is 12.4. The van der Waals surface area contributed by atoms with Crippen molar-refractivity contribution in [2.45, 2.75) is 0 Å². The predicted octanol–water partition coefficient (Wildman–Crippen LogP) is 3.30. The Balaban J connectivity index is 1.96. The Morgan fingerprint density at radius 1 is 1.14 bits per heavy atom. The Hall–Kier alpha value is -2.59. The zero-order valence-corrected chi connectivity index (χ0v) is 12.3. The van der Waals surface area contributed by atoms with Gasteiger partial charge in [-0.2, -0.15) is 0 Å². The van der Waals surface area contributed by atoms with Crippen LogP contribution >= 0.6 is 11.6 Å². The molecular weight excluding hydrogens is 304 g/mol. The summed E-state index contributed by atoms with van der Waals surface area (Å²) in [6.07, 6.45) is 1.62. The summed E-state index contributed by atoms with van der Waals surface area (Å²) in [7, 11) is 1.29. The lowest BCUT2D eigenvalue weighted by molar-refractivity contribution is -0.133. The molecule has 0 aromatic heterocycles. The van der Waals surface area contributed by atoms with Crippen molar-refractivity contribution in [2.75, 3.05) is 7.11 Å². The molecule has 0 atom stereocenters. The van der Waals surface area contributed by atoms with E-state index in [4.69, 9.17) is 11.6 Å². The van der Waals surface area contributed by atoms with Crippen LogP contribution in [0.4, 0.5) is 0 Å². The van der Waals surface area contributed by atoms with Gasteiger partial charge in [0.2, 0.25) is 0 Å². The number of aromatic hydroxyl groups is 1. The van der Waals surface area contributed by atoms with Gasteiger partial charge >= 0.3 is 5.97 Å². The van der Waals surface area contributed by atoms with Crippen molar-refractivity contribution >= 4 is 35.0 Å². The number of methoxy groups -OCH3 is 1. The van der Waals surface area contributed by atoms with Gasteiger partial charge < -0.3 is 9.84 Å². The molecule has 110 valence electrons. The van der Waals surface area contributed by atoms with Gasteiger partial charge in [-0.3, -0.25) is 4.79 Å². The van der Waals surface area contributed by atoms with Crippen molar-refractivity contribution in [3.05, 3.63) is 63.7 Å². The van der Waals surface area contributed by atoms with Gasteiger partial charge in [-0.1, -0.05) is 11.6 Å². The van der Waals surface area contributed by atoms with Crippen molar-refractivity contribution in [3.63, 3.8) is 0 Å². The fourth-order valence-corrected chi connectivity index (χ4v) is 2.46. The molecule has 0 saturated carbocycles. The number of carbonyl (C=O) groups excluding carboxylic acids is 2. The van der Waals surface area contributed by atoms with Crippen molar-refractivity contribution in [1.29, 1.82) is 0 Å². The van der Waals surface area contributed by atoms with Gasteiger partial charge in [0, 0.05) is 10.6 Å². The zero-order valence-electron chi connectivity index (χ0n) is 11.6. The molecule has 0 bridgehead atoms. The molecule has 0 spiro atoms. The van der Waals surface area contributed by atoms with E-state index in [1.165, 1.54) is 13.2 Å². The second-order valence-electron chi connectivity index (χ2n) is 4.84. The molecule has 2 aromatic rings. The van der Waals surface area contributed by atoms with Gasteiger partial charge in [-0.05, 0) is 53.6 Å². The summed E-state index contributed by atoms with van der Waals surface area (Å²) in [5.41, 5.74) is 2.29. The van der Waals surface area contributed by atoms with Crippen LogP contribution in [0.15, 0.2) is 36.4 Å². The molecule has 3 rings (SSSR count). The third-order valence-corrected chi connectivity index (χ3v) is 3.77. The third kappa shape index (κ3) is 2.27. The van der Waals surface area contributed by atoms with E-state index in [1.54, 1.807) is 36.4 Å². The standard InChI is InChI=1S/C17H11ClO4/c1-22-17(21)13-6-10-7-14(15(19)8-12(10)13)16(20)9-2-4-11(18)5-3-9/h2-8,19H,1H3. The van der Waals surface area contributed by atoms with Crippen LogP contribution in [-0.2, 0) is 9.53 Å². The number of halogens is 1. The zero-order chi connectivity index (χ0) is 15.9. The number of ketones is 1. The first-order valence-corrected chi connectivity index (χ1v) is 6.86. The molecule has 1 aliphatic rings. The van der Waals surface area contributed by atoms with E-state index in [0.717, 1.165) is 5.56 Å². The number of hydrogen-bond acceptors (Lipinski definition) is 4. The normalized spacial score (nSPS) is 12.0. The van der Waals surface area contributed by atoms with E-state index >= 15 is 0 Å². The molecule has 5 heteroatoms. The quantitative estimate of drug-likeness (QED) is 0.697. The van der Waals surface area contributed by atoms with Crippen molar-refractivity contribution in [3.8, 4) is 5.75 Å². The highest BCUT2D eigenvalue weighted by Crippen LogP contribution is 2.38. The van der Waals surface area contributed by atoms with Gasteiger partial charge in [-0.15, -0.1) is 0 Å². The van der Waals surface area contributed by atoms with Crippen LogP contribution < -0.4 is 0 Å². The second-order valence-corrected chi connectivity index (χ2v) is 5.28. The summed E-state index contributed by atoms with van der Waals surface area (Å²) in [5, 5.41) is 10.6. The lowest BCUT2D eigenvalue weighted by Crippen LogP contribution is -2.12. The molecule has 0 aliphatic heterocycles. The molecule has 0 fully saturated rings. The first-order chi connectivity index (χ1) is 10.5. The first kappa shape index (κ1) is 14.4. The first-order valence-electron chi connectivity index (χ1n) is 6.49. The van der Waals surface area contributed by atoms with Crippen LogP contribution in [-0.4, -0.2) is 24.0 Å². The van der Waals surface area contributed by atoms with E-state index in [-0.39, 0.29) is 17.1 Å². The molecule has 0 amide bonds. The second kappa shape index (κ2) is 5.31. The van der Waals surface area contributed by atoms with E-state index in [9.17, 15) is 14.7 Å². The van der Waals surface area contributed by atoms with E-state index in [2.05, 4.69) is 4.74 Å². The minimum atomic E-state index is -0.469. The van der Waals surface area contributed by atoms with Crippen LogP contribution in [0.5, 0.6) is 5.75 Å². The lowest BCUT2D eigenvalue weighted by Gasteiger charge is -2.19. The summed E-state index contributed by atoms with van der Waals surface area (Å²) < 4.78 is 4.64. The van der Waals surface area contributed by atoms with Crippen LogP contribution in [0, 0.1) is 0 Å². The minimum Gasteiger partial charge on any atom is -0.507 e. The van der Waals surface area contributed by atoms with Crippen LogP contribution in [0.25, 0.3) is 11.6 Å². The molecular formula is C17H11ClO4. The highest BCUT2D eigenvalue weighted by atomic mass is 35.5. The number of carbonyl (C=O) groups is 2. The SMILES string of the molecule is COC(=O)C1=Cc2cc(C(=O)c3ccc(Cl)cc3)c(O)cc21. The average molecular weight is 315 g/mol. The Morgan fingerprint density at radius 2 is 1.82 bits per heavy atom. The van der Waals surface area contributed by atoms with Gasteiger partial charge in [0.25, 0.3) is 0 Å². The molecule has 2 aromatic carbocycles. The predicted molar refractivity (Wildman–Crippen MR) is 82.9 cm³/mol. The van der Waals surface area contributed by atoms with Gasteiger partial charge in [0.1, 0.15) is 5.75 Å². The van der Waals surface area contributed by atoms with E-state index < -0.39 is 5.97 Å². The monoisotopic (exact) mass is 314 g/mol. The Labute approximate surface area is 131 Å². The average Bonchev–Trinajstić information content (AvgIpc) is 2.50. The van der Waals surface area contributed by atoms with Gasteiger partial charge in [-0.25, -0.2) is 4.79 Å². The molecule has 22 heavy (non-hydrogen) atoms. The maximum Gasteiger partial charge on any atom is 0.338 e. The number of phenols is 1. The number of ether oxygens (including phenoxy) is 1. The molecule has 0 heterocycles. The number of rotatable bonds is 3. The number of esters is 1. The number of fused-ring (bicyclic) bond motifs is 1. The van der Waals surface area contributed by atoms with E-state index in [1.807, 2.05) is 0 Å². The Kier molecular flexibility index (Phi) is 3.47.